The number of carbonyl (C=O) groups is 1. The lowest BCUT2D eigenvalue weighted by atomic mass is 10.0. The average molecular weight is 431 g/mol. The van der Waals surface area contributed by atoms with Gasteiger partial charge in [0, 0.05) is 6.42 Å². The van der Waals surface area contributed by atoms with Gasteiger partial charge in [-0.25, -0.2) is 0 Å². The SMILES string of the molecule is CCCCCCCCCCCCCCCCCC(=O)OC[C@@H](O)[C@H]1OC[C@H](O)[C@H]1O. The zero-order valence-electron chi connectivity index (χ0n) is 19.1. The van der Waals surface area contributed by atoms with E-state index in [4.69, 9.17) is 9.47 Å². The van der Waals surface area contributed by atoms with Crippen molar-refractivity contribution in [3.63, 3.8) is 0 Å². The second-order valence-corrected chi connectivity index (χ2v) is 8.81. The molecule has 1 rings (SSSR count). The Labute approximate surface area is 183 Å². The second-order valence-electron chi connectivity index (χ2n) is 8.81. The highest BCUT2D eigenvalue weighted by Crippen LogP contribution is 2.18. The quantitative estimate of drug-likeness (QED) is 0.209. The van der Waals surface area contributed by atoms with Crippen molar-refractivity contribution >= 4 is 5.97 Å². The normalized spacial score (nSPS) is 22.3. The Balaban J connectivity index is 1.83. The molecule has 0 bridgehead atoms. The van der Waals surface area contributed by atoms with Gasteiger partial charge in [-0.15, -0.1) is 0 Å². The molecule has 1 fully saturated rings. The molecule has 30 heavy (non-hydrogen) atoms. The molecule has 0 radical (unpaired) electrons. The lowest BCUT2D eigenvalue weighted by Crippen LogP contribution is -2.41. The number of unbranched alkanes of at least 4 members (excludes halogenated alkanes) is 14. The van der Waals surface area contributed by atoms with Crippen LogP contribution in [0, 0.1) is 0 Å². The number of hydrogen-bond acceptors (Lipinski definition) is 6. The molecule has 1 heterocycles. The Morgan fingerprint density at radius 3 is 1.77 bits per heavy atom. The first-order valence-corrected chi connectivity index (χ1v) is 12.4. The molecule has 0 unspecified atom stereocenters. The van der Waals surface area contributed by atoms with Crippen LogP contribution in [0.25, 0.3) is 0 Å². The number of aliphatic hydroxyl groups is 3. The summed E-state index contributed by atoms with van der Waals surface area (Å²) in [7, 11) is 0. The fourth-order valence-electron chi connectivity index (χ4n) is 3.95. The molecular weight excluding hydrogens is 384 g/mol. The Kier molecular flexibility index (Phi) is 16.3. The molecule has 0 aromatic heterocycles. The van der Waals surface area contributed by atoms with Crippen molar-refractivity contribution in [1.29, 1.82) is 0 Å². The van der Waals surface area contributed by atoms with Gasteiger partial charge in [0.05, 0.1) is 6.61 Å². The predicted molar refractivity (Wildman–Crippen MR) is 118 cm³/mol. The van der Waals surface area contributed by atoms with Crippen molar-refractivity contribution in [1.82, 2.24) is 0 Å². The summed E-state index contributed by atoms with van der Waals surface area (Å²) in [6.45, 7) is 2.03. The van der Waals surface area contributed by atoms with E-state index in [9.17, 15) is 20.1 Å². The van der Waals surface area contributed by atoms with Crippen molar-refractivity contribution in [3.8, 4) is 0 Å². The van der Waals surface area contributed by atoms with Crippen LogP contribution in [0.3, 0.4) is 0 Å². The van der Waals surface area contributed by atoms with Crippen LogP contribution >= 0.6 is 0 Å². The first-order valence-electron chi connectivity index (χ1n) is 12.4. The van der Waals surface area contributed by atoms with E-state index in [0.717, 1.165) is 19.3 Å². The largest absolute Gasteiger partial charge is 0.463 e. The molecule has 0 spiro atoms. The molecule has 6 heteroatoms. The molecule has 6 nitrogen and oxygen atoms in total. The third-order valence-electron chi connectivity index (χ3n) is 5.97. The summed E-state index contributed by atoms with van der Waals surface area (Å²) >= 11 is 0. The molecule has 1 aliphatic heterocycles. The van der Waals surface area contributed by atoms with Crippen LogP contribution in [-0.4, -0.2) is 58.9 Å². The van der Waals surface area contributed by atoms with Gasteiger partial charge < -0.3 is 24.8 Å². The van der Waals surface area contributed by atoms with Gasteiger partial charge in [-0.3, -0.25) is 4.79 Å². The smallest absolute Gasteiger partial charge is 0.305 e. The summed E-state index contributed by atoms with van der Waals surface area (Å²) in [6, 6.07) is 0. The molecule has 1 saturated heterocycles. The monoisotopic (exact) mass is 430 g/mol. The molecule has 0 aromatic rings. The Hall–Kier alpha value is -0.690. The van der Waals surface area contributed by atoms with Gasteiger partial charge in [0.25, 0.3) is 0 Å². The molecule has 0 amide bonds. The zero-order valence-corrected chi connectivity index (χ0v) is 19.1. The first kappa shape index (κ1) is 27.3. The maximum absolute atomic E-state index is 11.8. The second kappa shape index (κ2) is 17.9. The molecule has 4 atom stereocenters. The van der Waals surface area contributed by atoms with Gasteiger partial charge in [-0.2, -0.15) is 0 Å². The minimum atomic E-state index is -1.14. The van der Waals surface area contributed by atoms with Crippen LogP contribution in [0.1, 0.15) is 110 Å². The minimum Gasteiger partial charge on any atom is -0.463 e. The maximum Gasteiger partial charge on any atom is 0.305 e. The number of esters is 1. The summed E-state index contributed by atoms with van der Waals surface area (Å²) in [6.07, 6.45) is 15.4. The highest BCUT2D eigenvalue weighted by Gasteiger charge is 2.39. The lowest BCUT2D eigenvalue weighted by Gasteiger charge is -2.20. The van der Waals surface area contributed by atoms with Gasteiger partial charge in [-0.1, -0.05) is 96.8 Å². The topological polar surface area (TPSA) is 96.2 Å². The van der Waals surface area contributed by atoms with Crippen LogP contribution in [0.5, 0.6) is 0 Å². The molecular formula is C24H46O6. The summed E-state index contributed by atoms with van der Waals surface area (Å²) in [5.74, 6) is -0.336. The number of hydrogen-bond donors (Lipinski definition) is 3. The minimum absolute atomic E-state index is 0.0179. The fourth-order valence-corrected chi connectivity index (χ4v) is 3.95. The van der Waals surface area contributed by atoms with E-state index in [0.29, 0.717) is 6.42 Å². The maximum atomic E-state index is 11.8. The molecule has 178 valence electrons. The van der Waals surface area contributed by atoms with E-state index in [-0.39, 0.29) is 19.2 Å². The van der Waals surface area contributed by atoms with E-state index in [1.165, 1.54) is 77.0 Å². The van der Waals surface area contributed by atoms with Gasteiger partial charge in [0.15, 0.2) is 0 Å². The van der Waals surface area contributed by atoms with E-state index < -0.39 is 24.4 Å². The molecule has 0 aromatic carbocycles. The molecule has 1 aliphatic rings. The standard InChI is InChI=1S/C24H46O6/c1-2-3-4-5-6-7-8-9-10-11-12-13-14-15-16-17-22(27)29-19-21(26)24-23(28)20(25)18-30-24/h20-21,23-26,28H,2-19H2,1H3/t20-,21+,23+,24+/m0/s1. The summed E-state index contributed by atoms with van der Waals surface area (Å²) < 4.78 is 10.2. The summed E-state index contributed by atoms with van der Waals surface area (Å²) in [5, 5.41) is 29.0. The third-order valence-corrected chi connectivity index (χ3v) is 5.97. The number of rotatable bonds is 19. The summed E-state index contributed by atoms with van der Waals surface area (Å²) in [5.41, 5.74) is 0. The van der Waals surface area contributed by atoms with E-state index >= 15 is 0 Å². The predicted octanol–water partition coefficient (Wildman–Crippen LogP) is 4.27. The van der Waals surface area contributed by atoms with Crippen LogP contribution in [0.15, 0.2) is 0 Å². The van der Waals surface area contributed by atoms with Crippen molar-refractivity contribution < 1.29 is 29.6 Å². The van der Waals surface area contributed by atoms with E-state index in [1.54, 1.807) is 0 Å². The number of carbonyl (C=O) groups excluding carboxylic acids is 1. The van der Waals surface area contributed by atoms with Crippen LogP contribution in [0.4, 0.5) is 0 Å². The number of aliphatic hydroxyl groups excluding tert-OH is 3. The van der Waals surface area contributed by atoms with E-state index in [2.05, 4.69) is 6.92 Å². The van der Waals surface area contributed by atoms with Crippen LogP contribution < -0.4 is 0 Å². The zero-order chi connectivity index (χ0) is 22.0. The Morgan fingerprint density at radius 2 is 1.33 bits per heavy atom. The van der Waals surface area contributed by atoms with Crippen LogP contribution in [0.2, 0.25) is 0 Å². The Morgan fingerprint density at radius 1 is 0.867 bits per heavy atom. The molecule has 3 N–H and O–H groups in total. The van der Waals surface area contributed by atoms with Crippen molar-refractivity contribution in [2.75, 3.05) is 13.2 Å². The van der Waals surface area contributed by atoms with Crippen molar-refractivity contribution in [2.45, 2.75) is 134 Å². The lowest BCUT2D eigenvalue weighted by molar-refractivity contribution is -0.151. The van der Waals surface area contributed by atoms with Gasteiger partial charge in [0.2, 0.25) is 0 Å². The van der Waals surface area contributed by atoms with Gasteiger partial charge in [-0.05, 0) is 6.42 Å². The van der Waals surface area contributed by atoms with Crippen molar-refractivity contribution in [2.24, 2.45) is 0 Å². The van der Waals surface area contributed by atoms with Gasteiger partial charge in [0.1, 0.15) is 31.0 Å². The molecule has 0 saturated carbocycles. The third kappa shape index (κ3) is 12.9. The molecule has 0 aliphatic carbocycles. The Bertz CT molecular complexity index is 417. The van der Waals surface area contributed by atoms with Crippen LogP contribution in [-0.2, 0) is 14.3 Å². The average Bonchev–Trinajstić information content (AvgIpc) is 3.07. The highest BCUT2D eigenvalue weighted by molar-refractivity contribution is 5.69. The fraction of sp³-hybridized carbons (Fsp3) is 0.958. The highest BCUT2D eigenvalue weighted by atomic mass is 16.6. The van der Waals surface area contributed by atoms with Gasteiger partial charge >= 0.3 is 5.97 Å². The van der Waals surface area contributed by atoms with E-state index in [1.807, 2.05) is 0 Å². The summed E-state index contributed by atoms with van der Waals surface area (Å²) in [4.78, 5) is 11.8. The number of ether oxygens (including phenoxy) is 2. The first-order chi connectivity index (χ1) is 14.6. The van der Waals surface area contributed by atoms with Crippen molar-refractivity contribution in [3.05, 3.63) is 0 Å².